The number of para-hydroxylation sites is 1. The summed E-state index contributed by atoms with van der Waals surface area (Å²) in [5.74, 6) is 0. The molecule has 3 N–H and O–H groups in total. The van der Waals surface area contributed by atoms with Gasteiger partial charge >= 0.3 is 6.03 Å². The minimum atomic E-state index is -0.270. The number of urea groups is 1. The van der Waals surface area contributed by atoms with E-state index in [1.807, 2.05) is 67.6 Å². The van der Waals surface area contributed by atoms with E-state index in [4.69, 9.17) is 12.2 Å². The first-order valence-corrected chi connectivity index (χ1v) is 7.75. The van der Waals surface area contributed by atoms with Gasteiger partial charge in [-0.25, -0.2) is 4.79 Å². The first kappa shape index (κ1) is 15.2. The second-order valence-corrected chi connectivity index (χ2v) is 5.71. The Labute approximate surface area is 140 Å². The maximum Gasteiger partial charge on any atom is 0.319 e. The third kappa shape index (κ3) is 3.40. The van der Waals surface area contributed by atoms with Crippen LogP contribution in [0.2, 0.25) is 0 Å². The van der Waals surface area contributed by atoms with Gasteiger partial charge < -0.3 is 16.0 Å². The van der Waals surface area contributed by atoms with Crippen LogP contribution >= 0.6 is 12.2 Å². The van der Waals surface area contributed by atoms with E-state index in [-0.39, 0.29) is 12.1 Å². The van der Waals surface area contributed by atoms with Gasteiger partial charge in [0, 0.05) is 17.0 Å². The van der Waals surface area contributed by atoms with Crippen LogP contribution in [0.25, 0.3) is 0 Å². The van der Waals surface area contributed by atoms with E-state index >= 15 is 0 Å². The van der Waals surface area contributed by atoms with Gasteiger partial charge in [-0.1, -0.05) is 60.7 Å². The zero-order chi connectivity index (χ0) is 16.2. The van der Waals surface area contributed by atoms with E-state index in [2.05, 4.69) is 16.0 Å². The Kier molecular flexibility index (Phi) is 4.39. The number of nitrogens with one attached hydrogen (secondary N) is 3. The lowest BCUT2D eigenvalue weighted by atomic mass is 9.95. The van der Waals surface area contributed by atoms with Crippen molar-refractivity contribution in [3.63, 3.8) is 0 Å². The summed E-state index contributed by atoms with van der Waals surface area (Å²) in [4.78, 5) is 12.5. The molecule has 3 rings (SSSR count). The smallest absolute Gasteiger partial charge is 0.319 e. The molecule has 0 saturated carbocycles. The molecule has 0 aliphatic carbocycles. The van der Waals surface area contributed by atoms with Crippen LogP contribution in [0.5, 0.6) is 0 Å². The molecule has 0 bridgehead atoms. The number of thiocarbonyl (C=S) groups is 1. The molecule has 1 aliphatic heterocycles. The van der Waals surface area contributed by atoms with Gasteiger partial charge in [0.2, 0.25) is 0 Å². The summed E-state index contributed by atoms with van der Waals surface area (Å²) >= 11 is 5.59. The van der Waals surface area contributed by atoms with Gasteiger partial charge in [-0.05, 0) is 24.6 Å². The van der Waals surface area contributed by atoms with Gasteiger partial charge in [-0.3, -0.25) is 0 Å². The predicted octanol–water partition coefficient (Wildman–Crippen LogP) is 3.75. The largest absolute Gasteiger partial charge is 0.346 e. The number of carbonyl (C=O) groups excluding carboxylic acids is 1. The Morgan fingerprint density at radius 2 is 1.65 bits per heavy atom. The standard InChI is InChI=1S/C18H17N3OS/c1-12-15(17(23)20-14-10-6-3-7-11-14)16(21-18(22)19-12)13-8-4-2-5-9-13/h2-11,16H,1H3,(H,20,23)(H2,19,21,22)/t16-/m0/s1. The number of benzene rings is 2. The normalized spacial score (nSPS) is 17.3. The quantitative estimate of drug-likeness (QED) is 0.754. The van der Waals surface area contributed by atoms with Crippen molar-refractivity contribution in [2.45, 2.75) is 13.0 Å². The SMILES string of the molecule is CC1=C(C(=S)Nc2ccccc2)[C@H](c2ccccc2)NC(=O)N1. The average molecular weight is 323 g/mol. The van der Waals surface area contributed by atoms with Crippen molar-refractivity contribution in [1.82, 2.24) is 10.6 Å². The molecule has 2 aromatic carbocycles. The maximum absolute atomic E-state index is 11.9. The van der Waals surface area contributed by atoms with Crippen molar-refractivity contribution in [3.05, 3.63) is 77.5 Å². The number of hydrogen-bond acceptors (Lipinski definition) is 2. The summed E-state index contributed by atoms with van der Waals surface area (Å²) in [5.41, 5.74) is 3.54. The first-order valence-electron chi connectivity index (χ1n) is 7.35. The Bertz CT molecular complexity index is 756. The second-order valence-electron chi connectivity index (χ2n) is 5.30. The van der Waals surface area contributed by atoms with E-state index < -0.39 is 0 Å². The van der Waals surface area contributed by atoms with Crippen LogP contribution in [0, 0.1) is 0 Å². The molecule has 2 amide bonds. The average Bonchev–Trinajstić information content (AvgIpc) is 2.55. The van der Waals surface area contributed by atoms with Crippen molar-refractivity contribution in [1.29, 1.82) is 0 Å². The number of allylic oxidation sites excluding steroid dienone is 1. The van der Waals surface area contributed by atoms with Crippen molar-refractivity contribution in [3.8, 4) is 0 Å². The maximum atomic E-state index is 11.9. The highest BCUT2D eigenvalue weighted by atomic mass is 32.1. The first-order chi connectivity index (χ1) is 11.1. The minimum Gasteiger partial charge on any atom is -0.346 e. The van der Waals surface area contributed by atoms with Gasteiger partial charge in [-0.2, -0.15) is 0 Å². The van der Waals surface area contributed by atoms with Crippen molar-refractivity contribution in [2.75, 3.05) is 5.32 Å². The van der Waals surface area contributed by atoms with E-state index in [0.717, 1.165) is 22.5 Å². The third-order valence-electron chi connectivity index (χ3n) is 3.68. The molecule has 23 heavy (non-hydrogen) atoms. The highest BCUT2D eigenvalue weighted by Crippen LogP contribution is 2.28. The van der Waals surface area contributed by atoms with Crippen LogP contribution in [0.4, 0.5) is 10.5 Å². The molecule has 5 heteroatoms. The summed E-state index contributed by atoms with van der Waals surface area (Å²) in [5, 5.41) is 8.98. The zero-order valence-electron chi connectivity index (χ0n) is 12.7. The molecule has 1 aliphatic rings. The van der Waals surface area contributed by atoms with Gasteiger partial charge in [0.15, 0.2) is 0 Å². The molecule has 0 radical (unpaired) electrons. The Morgan fingerprint density at radius 3 is 2.30 bits per heavy atom. The molecule has 116 valence electrons. The summed E-state index contributed by atoms with van der Waals surface area (Å²) in [7, 11) is 0. The Balaban J connectivity index is 1.94. The third-order valence-corrected chi connectivity index (χ3v) is 4.00. The van der Waals surface area contributed by atoms with Gasteiger partial charge in [-0.15, -0.1) is 0 Å². The zero-order valence-corrected chi connectivity index (χ0v) is 13.5. The molecule has 0 fully saturated rings. The number of carbonyl (C=O) groups is 1. The molecule has 1 heterocycles. The molecule has 1 atom stereocenters. The highest BCUT2D eigenvalue weighted by Gasteiger charge is 2.28. The molecule has 0 unspecified atom stereocenters. The molecule has 0 spiro atoms. The predicted molar refractivity (Wildman–Crippen MR) is 96.2 cm³/mol. The lowest BCUT2D eigenvalue weighted by molar-refractivity contribution is 0.239. The Hall–Kier alpha value is -2.66. The van der Waals surface area contributed by atoms with Crippen LogP contribution in [0.1, 0.15) is 18.5 Å². The van der Waals surface area contributed by atoms with E-state index in [1.165, 1.54) is 0 Å². The lowest BCUT2D eigenvalue weighted by Crippen LogP contribution is -2.45. The van der Waals surface area contributed by atoms with E-state index in [0.29, 0.717) is 4.99 Å². The fraction of sp³-hybridized carbons (Fsp3) is 0.111. The molecule has 2 aromatic rings. The van der Waals surface area contributed by atoms with E-state index in [9.17, 15) is 4.79 Å². The number of amides is 2. The van der Waals surface area contributed by atoms with Crippen LogP contribution < -0.4 is 16.0 Å². The fourth-order valence-corrected chi connectivity index (χ4v) is 3.00. The van der Waals surface area contributed by atoms with Gasteiger partial charge in [0.25, 0.3) is 0 Å². The summed E-state index contributed by atoms with van der Waals surface area (Å²) in [6, 6.07) is 19.1. The summed E-state index contributed by atoms with van der Waals surface area (Å²) < 4.78 is 0. The van der Waals surface area contributed by atoms with Crippen molar-refractivity contribution >= 4 is 28.9 Å². The van der Waals surface area contributed by atoms with Crippen molar-refractivity contribution in [2.24, 2.45) is 0 Å². The van der Waals surface area contributed by atoms with Gasteiger partial charge in [0.05, 0.1) is 6.04 Å². The van der Waals surface area contributed by atoms with Crippen molar-refractivity contribution < 1.29 is 4.79 Å². The highest BCUT2D eigenvalue weighted by molar-refractivity contribution is 7.81. The Morgan fingerprint density at radius 1 is 1.04 bits per heavy atom. The number of hydrogen-bond donors (Lipinski definition) is 3. The fourth-order valence-electron chi connectivity index (χ4n) is 2.61. The number of anilines is 1. The minimum absolute atomic E-state index is 0.220. The molecular weight excluding hydrogens is 306 g/mol. The molecule has 0 saturated heterocycles. The summed E-state index contributed by atoms with van der Waals surface area (Å²) in [6.45, 7) is 1.86. The second kappa shape index (κ2) is 6.62. The lowest BCUT2D eigenvalue weighted by Gasteiger charge is -2.30. The molecule has 4 nitrogen and oxygen atoms in total. The van der Waals surface area contributed by atoms with Crippen LogP contribution in [0.3, 0.4) is 0 Å². The topological polar surface area (TPSA) is 53.2 Å². The van der Waals surface area contributed by atoms with E-state index in [1.54, 1.807) is 0 Å². The summed E-state index contributed by atoms with van der Waals surface area (Å²) in [6.07, 6.45) is 0. The number of rotatable bonds is 3. The monoisotopic (exact) mass is 323 g/mol. The van der Waals surface area contributed by atoms with Crippen LogP contribution in [-0.2, 0) is 0 Å². The molecule has 0 aromatic heterocycles. The van der Waals surface area contributed by atoms with Crippen LogP contribution in [0.15, 0.2) is 71.9 Å². The van der Waals surface area contributed by atoms with Gasteiger partial charge in [0.1, 0.15) is 4.99 Å². The van der Waals surface area contributed by atoms with Crippen LogP contribution in [-0.4, -0.2) is 11.0 Å². The molecular formula is C18H17N3OS.